The van der Waals surface area contributed by atoms with E-state index >= 15 is 0 Å². The van der Waals surface area contributed by atoms with E-state index in [2.05, 4.69) is 86.7 Å². The summed E-state index contributed by atoms with van der Waals surface area (Å²) in [4.78, 5) is 6.72. The Morgan fingerprint density at radius 2 is 1.60 bits per heavy atom. The molecule has 0 aliphatic heterocycles. The molecule has 25 heavy (non-hydrogen) atoms. The van der Waals surface area contributed by atoms with Crippen molar-refractivity contribution in [1.29, 1.82) is 0 Å². The van der Waals surface area contributed by atoms with Gasteiger partial charge in [0.2, 0.25) is 0 Å². The van der Waals surface area contributed by atoms with Gasteiger partial charge in [-0.2, -0.15) is 0 Å². The van der Waals surface area contributed by atoms with Crippen molar-refractivity contribution in [2.45, 2.75) is 13.8 Å². The zero-order chi connectivity index (χ0) is 18.0. The van der Waals surface area contributed by atoms with Crippen molar-refractivity contribution >= 4 is 33.5 Å². The number of benzene rings is 2. The van der Waals surface area contributed by atoms with Crippen LogP contribution in [0.1, 0.15) is 17.0 Å². The molecule has 2 aromatic carbocycles. The molecule has 128 valence electrons. The van der Waals surface area contributed by atoms with Crippen molar-refractivity contribution < 1.29 is 0 Å². The second-order valence-corrected chi connectivity index (χ2v) is 7.22. The van der Waals surface area contributed by atoms with E-state index in [0.29, 0.717) is 0 Å². The topological polar surface area (TPSA) is 20.5 Å². The summed E-state index contributed by atoms with van der Waals surface area (Å²) in [6, 6.07) is 18.8. The molecule has 3 nitrogen and oxygen atoms in total. The molecule has 4 heteroatoms. The van der Waals surface area contributed by atoms with Gasteiger partial charge in [-0.25, -0.2) is 0 Å². The highest BCUT2D eigenvalue weighted by atomic mass is 79.9. The minimum Gasteiger partial charge on any atom is -0.378 e. The van der Waals surface area contributed by atoms with E-state index in [1.54, 1.807) is 0 Å². The molecule has 0 fully saturated rings. The van der Waals surface area contributed by atoms with Gasteiger partial charge in [0, 0.05) is 53.1 Å². The summed E-state index contributed by atoms with van der Waals surface area (Å²) in [5, 5.41) is 0. The van der Waals surface area contributed by atoms with Crippen molar-refractivity contribution in [3.05, 3.63) is 76.0 Å². The first kappa shape index (κ1) is 17.5. The lowest BCUT2D eigenvalue weighted by Crippen LogP contribution is -2.07. The van der Waals surface area contributed by atoms with E-state index in [-0.39, 0.29) is 0 Å². The van der Waals surface area contributed by atoms with Crippen molar-refractivity contribution in [3.63, 3.8) is 0 Å². The van der Waals surface area contributed by atoms with Gasteiger partial charge in [0.1, 0.15) is 0 Å². The van der Waals surface area contributed by atoms with E-state index in [9.17, 15) is 0 Å². The van der Waals surface area contributed by atoms with E-state index in [0.717, 1.165) is 21.4 Å². The van der Waals surface area contributed by atoms with Gasteiger partial charge in [-0.1, -0.05) is 15.9 Å². The van der Waals surface area contributed by atoms with Gasteiger partial charge < -0.3 is 9.47 Å². The van der Waals surface area contributed by atoms with Crippen LogP contribution < -0.4 is 4.90 Å². The van der Waals surface area contributed by atoms with Crippen LogP contribution >= 0.6 is 15.9 Å². The summed E-state index contributed by atoms with van der Waals surface area (Å²) in [5.74, 6) is 0. The number of hydrogen-bond acceptors (Lipinski definition) is 2. The average Bonchev–Trinajstić information content (AvgIpc) is 2.88. The Labute approximate surface area is 157 Å². The average molecular weight is 396 g/mol. The monoisotopic (exact) mass is 395 g/mol. The Bertz CT molecular complexity index is 888. The van der Waals surface area contributed by atoms with Crippen molar-refractivity contribution in [2.75, 3.05) is 19.0 Å². The first-order valence-corrected chi connectivity index (χ1v) is 9.01. The summed E-state index contributed by atoms with van der Waals surface area (Å²) in [7, 11) is 4.07. The van der Waals surface area contributed by atoms with E-state index in [1.807, 2.05) is 32.4 Å². The minimum absolute atomic E-state index is 0.957. The van der Waals surface area contributed by atoms with E-state index < -0.39 is 0 Å². The minimum atomic E-state index is 0.957. The molecular weight excluding hydrogens is 374 g/mol. The number of aryl methyl sites for hydroxylation is 1. The van der Waals surface area contributed by atoms with Crippen LogP contribution in [0.3, 0.4) is 0 Å². The number of anilines is 1. The van der Waals surface area contributed by atoms with Crippen LogP contribution in [-0.4, -0.2) is 24.9 Å². The molecule has 0 saturated carbocycles. The van der Waals surface area contributed by atoms with Gasteiger partial charge in [0.05, 0.1) is 5.69 Å². The molecule has 0 aliphatic rings. The van der Waals surface area contributed by atoms with Gasteiger partial charge in [0.15, 0.2) is 0 Å². The fourth-order valence-electron chi connectivity index (χ4n) is 2.89. The predicted molar refractivity (Wildman–Crippen MR) is 111 cm³/mol. The number of rotatable bonds is 4. The number of halogens is 1. The van der Waals surface area contributed by atoms with Crippen molar-refractivity contribution in [3.8, 4) is 5.69 Å². The molecule has 3 aromatic rings. The summed E-state index contributed by atoms with van der Waals surface area (Å²) in [6.45, 7) is 4.25. The molecule has 0 saturated heterocycles. The third-order valence-electron chi connectivity index (χ3n) is 4.27. The molecule has 3 rings (SSSR count). The summed E-state index contributed by atoms with van der Waals surface area (Å²) in [6.07, 6.45) is 1.95. The van der Waals surface area contributed by atoms with Crippen LogP contribution in [-0.2, 0) is 0 Å². The maximum absolute atomic E-state index is 4.64. The standard InChI is InChI=1S/C21H22BrN3/c1-15-13-17(14-23-19-7-11-20(12-8-19)24(3)4)16(2)25(15)21-9-5-18(22)6-10-21/h5-14H,1-4H3. The molecule has 0 aliphatic carbocycles. The lowest BCUT2D eigenvalue weighted by atomic mass is 10.2. The zero-order valence-corrected chi connectivity index (χ0v) is 16.6. The van der Waals surface area contributed by atoms with E-state index in [1.165, 1.54) is 17.1 Å². The van der Waals surface area contributed by atoms with Crippen LogP contribution in [0.15, 0.2) is 64.1 Å². The highest BCUT2D eigenvalue weighted by molar-refractivity contribution is 9.10. The normalized spacial score (nSPS) is 11.2. The maximum atomic E-state index is 4.64. The molecule has 0 atom stereocenters. The fraction of sp³-hybridized carbons (Fsp3) is 0.190. The number of aromatic nitrogens is 1. The first-order valence-electron chi connectivity index (χ1n) is 8.22. The predicted octanol–water partition coefficient (Wildman–Crippen LogP) is 5.67. The third-order valence-corrected chi connectivity index (χ3v) is 4.80. The molecule has 0 spiro atoms. The van der Waals surface area contributed by atoms with Gasteiger partial charge in [-0.15, -0.1) is 0 Å². The first-order chi connectivity index (χ1) is 12.0. The van der Waals surface area contributed by atoms with Crippen molar-refractivity contribution in [1.82, 2.24) is 4.57 Å². The highest BCUT2D eigenvalue weighted by Gasteiger charge is 2.09. The molecule has 0 radical (unpaired) electrons. The van der Waals surface area contributed by atoms with Crippen LogP contribution in [0, 0.1) is 13.8 Å². The lowest BCUT2D eigenvalue weighted by molar-refractivity contribution is 0.964. The Hall–Kier alpha value is -2.33. The van der Waals surface area contributed by atoms with Crippen molar-refractivity contribution in [2.24, 2.45) is 4.99 Å². The Kier molecular flexibility index (Phi) is 5.09. The summed E-state index contributed by atoms with van der Waals surface area (Å²) < 4.78 is 3.34. The summed E-state index contributed by atoms with van der Waals surface area (Å²) >= 11 is 3.49. The maximum Gasteiger partial charge on any atom is 0.0631 e. The fourth-order valence-corrected chi connectivity index (χ4v) is 3.15. The van der Waals surface area contributed by atoms with Gasteiger partial charge in [-0.05, 0) is 68.4 Å². The van der Waals surface area contributed by atoms with E-state index in [4.69, 9.17) is 0 Å². The number of nitrogens with zero attached hydrogens (tertiary/aromatic N) is 3. The van der Waals surface area contributed by atoms with Crippen LogP contribution in [0.25, 0.3) is 5.69 Å². The lowest BCUT2D eigenvalue weighted by Gasteiger charge is -2.11. The number of hydrogen-bond donors (Lipinski definition) is 0. The van der Waals surface area contributed by atoms with Crippen LogP contribution in [0.2, 0.25) is 0 Å². The third kappa shape index (κ3) is 3.85. The zero-order valence-electron chi connectivity index (χ0n) is 15.0. The molecule has 0 amide bonds. The second kappa shape index (κ2) is 7.28. The number of aliphatic imine (C=N–C) groups is 1. The molecule has 0 N–H and O–H groups in total. The smallest absolute Gasteiger partial charge is 0.0631 e. The summed E-state index contributed by atoms with van der Waals surface area (Å²) in [5.41, 5.74) is 6.81. The Morgan fingerprint density at radius 3 is 2.20 bits per heavy atom. The quantitative estimate of drug-likeness (QED) is 0.520. The van der Waals surface area contributed by atoms with Gasteiger partial charge in [-0.3, -0.25) is 4.99 Å². The van der Waals surface area contributed by atoms with Crippen LogP contribution in [0.4, 0.5) is 11.4 Å². The Balaban J connectivity index is 1.88. The molecule has 1 heterocycles. The molecular formula is C21H22BrN3. The highest BCUT2D eigenvalue weighted by Crippen LogP contribution is 2.23. The molecule has 0 bridgehead atoms. The molecule has 0 unspecified atom stereocenters. The second-order valence-electron chi connectivity index (χ2n) is 6.31. The van der Waals surface area contributed by atoms with Gasteiger partial charge in [0.25, 0.3) is 0 Å². The largest absolute Gasteiger partial charge is 0.378 e. The van der Waals surface area contributed by atoms with Crippen LogP contribution in [0.5, 0.6) is 0 Å². The van der Waals surface area contributed by atoms with Gasteiger partial charge >= 0.3 is 0 Å². The Morgan fingerprint density at radius 1 is 0.960 bits per heavy atom. The SMILES string of the molecule is Cc1cc(C=Nc2ccc(N(C)C)cc2)c(C)n1-c1ccc(Br)cc1. The molecule has 1 aromatic heterocycles.